The predicted molar refractivity (Wildman–Crippen MR) is 86.6 cm³/mol. The van der Waals surface area contributed by atoms with Crippen molar-refractivity contribution in [3.05, 3.63) is 54.5 Å². The fourth-order valence-electron chi connectivity index (χ4n) is 2.65. The molecule has 7 heteroatoms. The molecular formula is C17H16N4O3. The van der Waals surface area contributed by atoms with Crippen LogP contribution in [0, 0.1) is 0 Å². The maximum Gasteiger partial charge on any atom is 0.277 e. The van der Waals surface area contributed by atoms with Crippen LogP contribution >= 0.6 is 0 Å². The molecule has 0 radical (unpaired) electrons. The van der Waals surface area contributed by atoms with Crippen LogP contribution in [-0.2, 0) is 4.74 Å². The fourth-order valence-corrected chi connectivity index (χ4v) is 2.65. The molecule has 2 aromatic heterocycles. The number of hydrogen-bond acceptors (Lipinski definition) is 5. The van der Waals surface area contributed by atoms with E-state index in [1.165, 1.54) is 0 Å². The minimum absolute atomic E-state index is 0.228. The number of aromatic nitrogens is 3. The van der Waals surface area contributed by atoms with Gasteiger partial charge in [0.1, 0.15) is 0 Å². The van der Waals surface area contributed by atoms with E-state index >= 15 is 0 Å². The monoisotopic (exact) mass is 324 g/mol. The highest BCUT2D eigenvalue weighted by Gasteiger charge is 2.19. The molecule has 122 valence electrons. The molecule has 7 nitrogen and oxygen atoms in total. The molecule has 1 fully saturated rings. The molecule has 1 saturated heterocycles. The molecule has 0 bridgehead atoms. The standard InChI is InChI=1S/C17H16N4O3/c22-17(15-8-16(24-20-15)12-4-2-1-3-5-12)19-13-9-18-21(10-13)14-6-7-23-11-14/h1-5,8-10,14H,6-7,11H2,(H,19,22)/t14-/m0/s1. The highest BCUT2D eigenvalue weighted by atomic mass is 16.5. The van der Waals surface area contributed by atoms with Gasteiger partial charge in [-0.2, -0.15) is 5.10 Å². The van der Waals surface area contributed by atoms with Crippen LogP contribution in [0.3, 0.4) is 0 Å². The van der Waals surface area contributed by atoms with Crippen LogP contribution in [-0.4, -0.2) is 34.1 Å². The van der Waals surface area contributed by atoms with Gasteiger partial charge in [-0.1, -0.05) is 35.5 Å². The van der Waals surface area contributed by atoms with Crippen molar-refractivity contribution in [3.8, 4) is 11.3 Å². The predicted octanol–water partition coefficient (Wildman–Crippen LogP) is 2.75. The van der Waals surface area contributed by atoms with Crippen LogP contribution in [0.15, 0.2) is 53.3 Å². The number of anilines is 1. The van der Waals surface area contributed by atoms with Crippen LogP contribution in [0.2, 0.25) is 0 Å². The maximum absolute atomic E-state index is 12.3. The Bertz CT molecular complexity index is 834. The minimum atomic E-state index is -0.330. The molecule has 24 heavy (non-hydrogen) atoms. The molecule has 4 rings (SSSR count). The van der Waals surface area contributed by atoms with Crippen molar-refractivity contribution in [2.24, 2.45) is 0 Å². The van der Waals surface area contributed by atoms with Crippen LogP contribution in [0.4, 0.5) is 5.69 Å². The van der Waals surface area contributed by atoms with E-state index < -0.39 is 0 Å². The Morgan fingerprint density at radius 1 is 1.29 bits per heavy atom. The molecule has 0 spiro atoms. The van der Waals surface area contributed by atoms with Crippen molar-refractivity contribution < 1.29 is 14.1 Å². The smallest absolute Gasteiger partial charge is 0.277 e. The second kappa shape index (κ2) is 6.29. The summed E-state index contributed by atoms with van der Waals surface area (Å²) in [5.41, 5.74) is 1.72. The molecule has 3 aromatic rings. The Hall–Kier alpha value is -2.93. The summed E-state index contributed by atoms with van der Waals surface area (Å²) in [4.78, 5) is 12.3. The first-order valence-corrected chi connectivity index (χ1v) is 7.75. The number of ether oxygens (including phenoxy) is 1. The SMILES string of the molecule is O=C(Nc1cnn([C@H]2CCOC2)c1)c1cc(-c2ccccc2)on1. The summed E-state index contributed by atoms with van der Waals surface area (Å²) in [6.07, 6.45) is 4.35. The molecule has 3 heterocycles. The molecule has 0 aliphatic carbocycles. The zero-order chi connectivity index (χ0) is 16.4. The molecule has 1 aliphatic rings. The number of carbonyl (C=O) groups is 1. The summed E-state index contributed by atoms with van der Waals surface area (Å²) < 4.78 is 12.4. The average molecular weight is 324 g/mol. The third-order valence-corrected chi connectivity index (χ3v) is 3.94. The summed E-state index contributed by atoms with van der Waals surface area (Å²) >= 11 is 0. The number of rotatable bonds is 4. The van der Waals surface area contributed by atoms with Crippen molar-refractivity contribution in [2.45, 2.75) is 12.5 Å². The van der Waals surface area contributed by atoms with Gasteiger partial charge in [0.15, 0.2) is 11.5 Å². The summed E-state index contributed by atoms with van der Waals surface area (Å²) in [6.45, 7) is 1.40. The van der Waals surface area contributed by atoms with Crippen LogP contribution in [0.1, 0.15) is 23.0 Å². The van der Waals surface area contributed by atoms with Gasteiger partial charge in [-0.15, -0.1) is 0 Å². The van der Waals surface area contributed by atoms with Gasteiger partial charge in [0.2, 0.25) is 0 Å². The molecule has 0 unspecified atom stereocenters. The number of carbonyl (C=O) groups excluding carboxylic acids is 1. The van der Waals surface area contributed by atoms with E-state index in [0.717, 1.165) is 18.6 Å². The normalized spacial score (nSPS) is 17.1. The first-order valence-electron chi connectivity index (χ1n) is 7.75. The summed E-state index contributed by atoms with van der Waals surface area (Å²) in [7, 11) is 0. The Kier molecular flexibility index (Phi) is 3.84. The van der Waals surface area contributed by atoms with Gasteiger partial charge in [-0.25, -0.2) is 0 Å². The van der Waals surface area contributed by atoms with E-state index in [2.05, 4.69) is 15.6 Å². The second-order valence-electron chi connectivity index (χ2n) is 5.62. The van der Waals surface area contributed by atoms with Crippen molar-refractivity contribution in [3.63, 3.8) is 0 Å². The number of benzene rings is 1. The van der Waals surface area contributed by atoms with E-state index in [4.69, 9.17) is 9.26 Å². The molecule has 1 aliphatic heterocycles. The van der Waals surface area contributed by atoms with E-state index in [0.29, 0.717) is 18.1 Å². The van der Waals surface area contributed by atoms with Crippen molar-refractivity contribution >= 4 is 11.6 Å². The van der Waals surface area contributed by atoms with Gasteiger partial charge < -0.3 is 14.6 Å². The first-order chi connectivity index (χ1) is 11.8. The number of nitrogens with one attached hydrogen (secondary N) is 1. The van der Waals surface area contributed by atoms with Gasteiger partial charge in [0.25, 0.3) is 5.91 Å². The van der Waals surface area contributed by atoms with Crippen LogP contribution in [0.25, 0.3) is 11.3 Å². The average Bonchev–Trinajstić information content (AvgIpc) is 3.36. The highest BCUT2D eigenvalue weighted by molar-refractivity contribution is 6.03. The molecule has 0 saturated carbocycles. The Morgan fingerprint density at radius 2 is 2.17 bits per heavy atom. The van der Waals surface area contributed by atoms with E-state index in [1.807, 2.05) is 35.0 Å². The lowest BCUT2D eigenvalue weighted by atomic mass is 10.1. The summed E-state index contributed by atoms with van der Waals surface area (Å²) in [6, 6.07) is 11.4. The summed E-state index contributed by atoms with van der Waals surface area (Å²) in [5, 5.41) is 10.9. The van der Waals surface area contributed by atoms with Gasteiger partial charge >= 0.3 is 0 Å². The third-order valence-electron chi connectivity index (χ3n) is 3.94. The van der Waals surface area contributed by atoms with Gasteiger partial charge in [-0.05, 0) is 6.42 Å². The first kappa shape index (κ1) is 14.6. The van der Waals surface area contributed by atoms with Gasteiger partial charge in [0.05, 0.1) is 24.5 Å². The maximum atomic E-state index is 12.3. The quantitative estimate of drug-likeness (QED) is 0.798. The van der Waals surface area contributed by atoms with E-state index in [1.54, 1.807) is 18.5 Å². The minimum Gasteiger partial charge on any atom is -0.379 e. The number of hydrogen-bond donors (Lipinski definition) is 1. The van der Waals surface area contributed by atoms with Crippen molar-refractivity contribution in [2.75, 3.05) is 18.5 Å². The number of amides is 1. The topological polar surface area (TPSA) is 82.2 Å². The Balaban J connectivity index is 1.46. The highest BCUT2D eigenvalue weighted by Crippen LogP contribution is 2.22. The van der Waals surface area contributed by atoms with Gasteiger partial charge in [0, 0.05) is 24.4 Å². The molecular weight excluding hydrogens is 308 g/mol. The molecule has 1 amide bonds. The zero-order valence-corrected chi connectivity index (χ0v) is 12.9. The zero-order valence-electron chi connectivity index (χ0n) is 12.9. The lowest BCUT2D eigenvalue weighted by Gasteiger charge is -2.06. The van der Waals surface area contributed by atoms with Crippen molar-refractivity contribution in [1.29, 1.82) is 0 Å². The molecule has 1 atom stereocenters. The van der Waals surface area contributed by atoms with E-state index in [-0.39, 0.29) is 17.6 Å². The Labute approximate surface area is 138 Å². The van der Waals surface area contributed by atoms with Crippen molar-refractivity contribution in [1.82, 2.24) is 14.9 Å². The lowest BCUT2D eigenvalue weighted by molar-refractivity contribution is 0.101. The fraction of sp³-hybridized carbons (Fsp3) is 0.235. The van der Waals surface area contributed by atoms with Crippen LogP contribution < -0.4 is 5.32 Å². The lowest BCUT2D eigenvalue weighted by Crippen LogP contribution is -2.12. The van der Waals surface area contributed by atoms with Crippen LogP contribution in [0.5, 0.6) is 0 Å². The second-order valence-corrected chi connectivity index (χ2v) is 5.62. The third kappa shape index (κ3) is 2.93. The molecule has 1 N–H and O–H groups in total. The molecule has 1 aromatic carbocycles. The Morgan fingerprint density at radius 3 is 2.96 bits per heavy atom. The van der Waals surface area contributed by atoms with Gasteiger partial charge in [-0.3, -0.25) is 9.48 Å². The number of nitrogens with zero attached hydrogens (tertiary/aromatic N) is 3. The largest absolute Gasteiger partial charge is 0.379 e. The summed E-state index contributed by atoms with van der Waals surface area (Å²) in [5.74, 6) is 0.225. The van der Waals surface area contributed by atoms with E-state index in [9.17, 15) is 4.79 Å².